The number of hydrogen-bond acceptors (Lipinski definition) is 3. The first-order valence-corrected chi connectivity index (χ1v) is 6.75. The van der Waals surface area contributed by atoms with E-state index < -0.39 is 9.84 Å². The van der Waals surface area contributed by atoms with Crippen LogP contribution in [0.5, 0.6) is 0 Å². The van der Waals surface area contributed by atoms with Crippen molar-refractivity contribution in [3.05, 3.63) is 0 Å². The van der Waals surface area contributed by atoms with Crippen LogP contribution in [0, 0.1) is 0 Å². The summed E-state index contributed by atoms with van der Waals surface area (Å²) in [5, 5.41) is 3.02. The number of hydrogen-bond donors (Lipinski definition) is 1. The van der Waals surface area contributed by atoms with Gasteiger partial charge in [-0.25, -0.2) is 8.42 Å². The molecule has 0 aromatic rings. The second-order valence-corrected chi connectivity index (χ2v) is 6.62. The molecule has 0 bridgehead atoms. The Hall–Kier alpha value is -0.0900. The first-order chi connectivity index (χ1) is 6.21. The minimum absolute atomic E-state index is 0.0163. The molecule has 1 unspecified atom stereocenters. The van der Waals surface area contributed by atoms with Crippen LogP contribution in [0.1, 0.15) is 32.1 Å². The zero-order valence-electron chi connectivity index (χ0n) is 7.83. The molecule has 2 rings (SSSR count). The van der Waals surface area contributed by atoms with E-state index in [2.05, 4.69) is 5.32 Å². The first kappa shape index (κ1) is 9.46. The molecule has 1 aliphatic carbocycles. The minimum atomic E-state index is -2.80. The quantitative estimate of drug-likeness (QED) is 0.719. The van der Waals surface area contributed by atoms with E-state index >= 15 is 0 Å². The lowest BCUT2D eigenvalue weighted by atomic mass is 10.4. The summed E-state index contributed by atoms with van der Waals surface area (Å²) in [5.74, 6) is 0. The Balaban J connectivity index is 2.09. The Morgan fingerprint density at radius 3 is 2.23 bits per heavy atom. The van der Waals surface area contributed by atoms with E-state index in [1.54, 1.807) is 0 Å². The third kappa shape index (κ3) is 1.74. The van der Waals surface area contributed by atoms with Crippen molar-refractivity contribution in [1.82, 2.24) is 5.32 Å². The van der Waals surface area contributed by atoms with Gasteiger partial charge in [0.25, 0.3) is 0 Å². The van der Waals surface area contributed by atoms with Gasteiger partial charge in [-0.1, -0.05) is 12.8 Å². The molecule has 76 valence electrons. The molecule has 1 heterocycles. The molecule has 0 amide bonds. The minimum Gasteiger partial charge on any atom is -0.315 e. The number of rotatable bonds is 2. The molecule has 1 N–H and O–H groups in total. The Morgan fingerprint density at radius 1 is 1.00 bits per heavy atom. The van der Waals surface area contributed by atoms with Gasteiger partial charge in [-0.3, -0.25) is 0 Å². The molecular formula is C9H17NO2S. The maximum Gasteiger partial charge on any atom is 0.157 e. The van der Waals surface area contributed by atoms with E-state index in [4.69, 9.17) is 0 Å². The van der Waals surface area contributed by atoms with Gasteiger partial charge in [0, 0.05) is 6.54 Å². The fourth-order valence-corrected chi connectivity index (χ4v) is 4.73. The van der Waals surface area contributed by atoms with Crippen LogP contribution in [0.25, 0.3) is 0 Å². The zero-order chi connectivity index (χ0) is 9.31. The van der Waals surface area contributed by atoms with E-state index in [9.17, 15) is 8.42 Å². The van der Waals surface area contributed by atoms with Crippen LogP contribution >= 0.6 is 0 Å². The summed E-state index contributed by atoms with van der Waals surface area (Å²) in [5.41, 5.74) is 0. The molecule has 13 heavy (non-hydrogen) atoms. The molecule has 4 heteroatoms. The van der Waals surface area contributed by atoms with Crippen LogP contribution in [0.15, 0.2) is 0 Å². The van der Waals surface area contributed by atoms with Gasteiger partial charge in [0.1, 0.15) is 0 Å². The maximum absolute atomic E-state index is 12.0. The van der Waals surface area contributed by atoms with Crippen molar-refractivity contribution < 1.29 is 8.42 Å². The molecule has 1 aliphatic heterocycles. The maximum atomic E-state index is 12.0. The van der Waals surface area contributed by atoms with Gasteiger partial charge in [-0.15, -0.1) is 0 Å². The molecule has 0 radical (unpaired) electrons. The summed E-state index contributed by atoms with van der Waals surface area (Å²) in [6.45, 7) is 1.55. The van der Waals surface area contributed by atoms with Gasteiger partial charge in [0.15, 0.2) is 9.84 Å². The molecule has 0 aromatic carbocycles. The van der Waals surface area contributed by atoms with Gasteiger partial charge in [-0.2, -0.15) is 0 Å². The molecule has 1 saturated carbocycles. The van der Waals surface area contributed by atoms with Crippen LogP contribution in [-0.2, 0) is 9.84 Å². The molecule has 0 aromatic heterocycles. The lowest BCUT2D eigenvalue weighted by molar-refractivity contribution is 0.566. The summed E-state index contributed by atoms with van der Waals surface area (Å²) in [7, 11) is -2.80. The Labute approximate surface area is 79.8 Å². The summed E-state index contributed by atoms with van der Waals surface area (Å²) < 4.78 is 24.0. The third-order valence-electron chi connectivity index (χ3n) is 3.25. The lowest BCUT2D eigenvalue weighted by Gasteiger charge is -2.15. The number of nitrogens with one attached hydrogen (secondary N) is 1. The van der Waals surface area contributed by atoms with Gasteiger partial charge in [0.2, 0.25) is 0 Å². The lowest BCUT2D eigenvalue weighted by Crippen LogP contribution is -2.31. The van der Waals surface area contributed by atoms with E-state index in [0.717, 1.165) is 38.6 Å². The summed E-state index contributed by atoms with van der Waals surface area (Å²) in [4.78, 5) is 0. The highest BCUT2D eigenvalue weighted by atomic mass is 32.2. The van der Waals surface area contributed by atoms with Crippen molar-refractivity contribution in [2.24, 2.45) is 0 Å². The van der Waals surface area contributed by atoms with Gasteiger partial charge >= 0.3 is 0 Å². The molecule has 2 fully saturated rings. The second kappa shape index (κ2) is 3.58. The third-order valence-corrected chi connectivity index (χ3v) is 5.98. The van der Waals surface area contributed by atoms with Gasteiger partial charge in [-0.05, 0) is 25.8 Å². The van der Waals surface area contributed by atoms with E-state index in [1.165, 1.54) is 0 Å². The van der Waals surface area contributed by atoms with Crippen molar-refractivity contribution in [3.63, 3.8) is 0 Å². The summed E-state index contributed by atoms with van der Waals surface area (Å²) in [6.07, 6.45) is 4.82. The van der Waals surface area contributed by atoms with E-state index in [-0.39, 0.29) is 10.5 Å². The molecule has 1 atom stereocenters. The monoisotopic (exact) mass is 203 g/mol. The van der Waals surface area contributed by atoms with Crippen LogP contribution in [0.4, 0.5) is 0 Å². The highest BCUT2D eigenvalue weighted by Crippen LogP contribution is 2.28. The Kier molecular flexibility index (Phi) is 2.60. The van der Waals surface area contributed by atoms with Crippen LogP contribution in [0.3, 0.4) is 0 Å². The SMILES string of the molecule is O=S(=O)(C1CCCC1)C1CCNC1. The van der Waals surface area contributed by atoms with Crippen molar-refractivity contribution in [2.45, 2.75) is 42.6 Å². The van der Waals surface area contributed by atoms with Crippen molar-refractivity contribution in [2.75, 3.05) is 13.1 Å². The highest BCUT2D eigenvalue weighted by Gasteiger charge is 2.36. The predicted octanol–water partition coefficient (Wildman–Crippen LogP) is 0.706. The van der Waals surface area contributed by atoms with Crippen molar-refractivity contribution in [3.8, 4) is 0 Å². The average Bonchev–Trinajstić information content (AvgIpc) is 2.78. The predicted molar refractivity (Wildman–Crippen MR) is 52.5 cm³/mol. The highest BCUT2D eigenvalue weighted by molar-refractivity contribution is 7.92. The smallest absolute Gasteiger partial charge is 0.157 e. The summed E-state index contributed by atoms with van der Waals surface area (Å²) >= 11 is 0. The fraction of sp³-hybridized carbons (Fsp3) is 1.00. The van der Waals surface area contributed by atoms with Crippen LogP contribution in [-0.4, -0.2) is 32.0 Å². The zero-order valence-corrected chi connectivity index (χ0v) is 8.65. The largest absolute Gasteiger partial charge is 0.315 e. The van der Waals surface area contributed by atoms with E-state index in [1.807, 2.05) is 0 Å². The topological polar surface area (TPSA) is 46.2 Å². The molecule has 0 spiro atoms. The summed E-state index contributed by atoms with van der Waals surface area (Å²) in [6, 6.07) is 0. The van der Waals surface area contributed by atoms with Crippen LogP contribution in [0.2, 0.25) is 0 Å². The normalized spacial score (nSPS) is 31.2. The first-order valence-electron chi connectivity index (χ1n) is 5.14. The molecule has 1 saturated heterocycles. The molecule has 3 nitrogen and oxygen atoms in total. The van der Waals surface area contributed by atoms with E-state index in [0.29, 0.717) is 6.54 Å². The molecule has 2 aliphatic rings. The standard InChI is InChI=1S/C9H17NO2S/c11-13(12,8-3-1-2-4-8)9-5-6-10-7-9/h8-10H,1-7H2. The fourth-order valence-electron chi connectivity index (χ4n) is 2.40. The molecular weight excluding hydrogens is 186 g/mol. The van der Waals surface area contributed by atoms with Crippen molar-refractivity contribution >= 4 is 9.84 Å². The Morgan fingerprint density at radius 2 is 1.69 bits per heavy atom. The van der Waals surface area contributed by atoms with Crippen LogP contribution < -0.4 is 5.32 Å². The second-order valence-electron chi connectivity index (χ2n) is 4.11. The van der Waals surface area contributed by atoms with Gasteiger partial charge in [0.05, 0.1) is 10.5 Å². The Bertz CT molecular complexity index is 239. The average molecular weight is 203 g/mol. The van der Waals surface area contributed by atoms with Crippen molar-refractivity contribution in [1.29, 1.82) is 0 Å². The number of sulfone groups is 1. The van der Waals surface area contributed by atoms with Gasteiger partial charge < -0.3 is 5.32 Å².